The van der Waals surface area contributed by atoms with Gasteiger partial charge in [-0.25, -0.2) is 0 Å². The van der Waals surface area contributed by atoms with E-state index in [0.717, 1.165) is 29.7 Å². The molecular formula is C22H18N2O. The number of benzene rings is 2. The van der Waals surface area contributed by atoms with E-state index >= 15 is 0 Å². The number of allylic oxidation sites excluding steroid dienone is 1. The van der Waals surface area contributed by atoms with Crippen molar-refractivity contribution in [1.82, 2.24) is 4.98 Å². The van der Waals surface area contributed by atoms with Crippen molar-refractivity contribution in [2.75, 3.05) is 5.32 Å². The van der Waals surface area contributed by atoms with Crippen molar-refractivity contribution < 1.29 is 4.79 Å². The zero-order chi connectivity index (χ0) is 16.8. The highest BCUT2D eigenvalue weighted by atomic mass is 16.1. The highest BCUT2D eigenvalue weighted by molar-refractivity contribution is 6.12. The molecule has 1 aromatic heterocycles. The minimum absolute atomic E-state index is 0.106. The number of Topliss-reactive ketones (excluding diaryl/α,β-unsaturated/α-hetero) is 1. The zero-order valence-corrected chi connectivity index (χ0v) is 13.8. The molecule has 0 fully saturated rings. The summed E-state index contributed by atoms with van der Waals surface area (Å²) in [5.41, 5.74) is 5.52. The van der Waals surface area contributed by atoms with Gasteiger partial charge in [0.2, 0.25) is 0 Å². The molecular weight excluding hydrogens is 308 g/mol. The van der Waals surface area contributed by atoms with Crippen LogP contribution in [0.4, 0.5) is 5.69 Å². The number of fused-ring (bicyclic) bond motifs is 4. The van der Waals surface area contributed by atoms with Gasteiger partial charge in [0.1, 0.15) is 0 Å². The summed E-state index contributed by atoms with van der Waals surface area (Å²) < 4.78 is 0. The van der Waals surface area contributed by atoms with Crippen molar-refractivity contribution in [3.63, 3.8) is 0 Å². The maximum absolute atomic E-state index is 12.8. The van der Waals surface area contributed by atoms with E-state index in [0.29, 0.717) is 6.42 Å². The Hall–Kier alpha value is -2.94. The van der Waals surface area contributed by atoms with E-state index in [-0.39, 0.29) is 11.8 Å². The zero-order valence-electron chi connectivity index (χ0n) is 13.8. The molecule has 25 heavy (non-hydrogen) atoms. The Kier molecular flexibility index (Phi) is 3.20. The van der Waals surface area contributed by atoms with Crippen LogP contribution in [-0.2, 0) is 4.79 Å². The Morgan fingerprint density at radius 1 is 1.00 bits per heavy atom. The second-order valence-electron chi connectivity index (χ2n) is 6.74. The number of hydrogen-bond donors (Lipinski definition) is 1. The van der Waals surface area contributed by atoms with E-state index in [1.807, 2.05) is 18.3 Å². The molecule has 0 bridgehead atoms. The smallest absolute Gasteiger partial charge is 0.161 e. The van der Waals surface area contributed by atoms with Crippen LogP contribution in [0.5, 0.6) is 0 Å². The number of aromatic nitrogens is 1. The summed E-state index contributed by atoms with van der Waals surface area (Å²) in [5, 5.41) is 6.05. The number of nitrogens with zero attached hydrogens (tertiary/aromatic N) is 1. The van der Waals surface area contributed by atoms with Crippen LogP contribution in [-0.4, -0.2) is 10.8 Å². The minimum Gasteiger partial charge on any atom is -0.373 e. The van der Waals surface area contributed by atoms with Crippen molar-refractivity contribution in [2.24, 2.45) is 0 Å². The van der Waals surface area contributed by atoms with E-state index < -0.39 is 0 Å². The number of ketones is 1. The molecule has 0 amide bonds. The van der Waals surface area contributed by atoms with Crippen molar-refractivity contribution in [3.8, 4) is 0 Å². The third-order valence-corrected chi connectivity index (χ3v) is 5.29. The van der Waals surface area contributed by atoms with Crippen LogP contribution in [0, 0.1) is 0 Å². The summed E-state index contributed by atoms with van der Waals surface area (Å²) in [7, 11) is 0. The molecule has 0 saturated heterocycles. The number of carbonyl (C=O) groups is 1. The maximum Gasteiger partial charge on any atom is 0.161 e. The molecule has 5 rings (SSSR count). The lowest BCUT2D eigenvalue weighted by Crippen LogP contribution is -2.27. The fourth-order valence-corrected chi connectivity index (χ4v) is 4.20. The van der Waals surface area contributed by atoms with Crippen LogP contribution in [0.25, 0.3) is 16.3 Å². The van der Waals surface area contributed by atoms with Gasteiger partial charge >= 0.3 is 0 Å². The molecule has 1 aliphatic carbocycles. The van der Waals surface area contributed by atoms with Crippen LogP contribution < -0.4 is 5.32 Å². The molecule has 1 aliphatic heterocycles. The van der Waals surface area contributed by atoms with Crippen molar-refractivity contribution >= 4 is 27.8 Å². The van der Waals surface area contributed by atoms with Gasteiger partial charge in [0.05, 0.1) is 6.04 Å². The molecule has 2 aliphatic rings. The molecule has 0 saturated carbocycles. The predicted octanol–water partition coefficient (Wildman–Crippen LogP) is 4.91. The van der Waals surface area contributed by atoms with Gasteiger partial charge in [-0.3, -0.25) is 9.78 Å². The number of carbonyl (C=O) groups excluding carboxylic acids is 1. The third-order valence-electron chi connectivity index (χ3n) is 5.29. The Balaban J connectivity index is 1.81. The fourth-order valence-electron chi connectivity index (χ4n) is 4.20. The lowest BCUT2D eigenvalue weighted by Gasteiger charge is -2.35. The number of nitrogens with one attached hydrogen (secondary N) is 1. The summed E-state index contributed by atoms with van der Waals surface area (Å²) >= 11 is 0. The monoisotopic (exact) mass is 326 g/mol. The first-order chi connectivity index (χ1) is 12.3. The number of rotatable bonds is 1. The number of pyridine rings is 1. The molecule has 2 aromatic carbocycles. The van der Waals surface area contributed by atoms with Crippen molar-refractivity contribution in [2.45, 2.75) is 25.3 Å². The lowest BCUT2D eigenvalue weighted by atomic mass is 9.77. The molecule has 3 heteroatoms. The van der Waals surface area contributed by atoms with E-state index in [9.17, 15) is 4.79 Å². The first-order valence-electron chi connectivity index (χ1n) is 8.78. The van der Waals surface area contributed by atoms with Gasteiger partial charge in [-0.15, -0.1) is 0 Å². The summed E-state index contributed by atoms with van der Waals surface area (Å²) in [4.78, 5) is 17.1. The second-order valence-corrected chi connectivity index (χ2v) is 6.74. The molecule has 1 N–H and O–H groups in total. The van der Waals surface area contributed by atoms with Gasteiger partial charge in [0, 0.05) is 35.6 Å². The minimum atomic E-state index is -0.106. The van der Waals surface area contributed by atoms with Crippen molar-refractivity contribution in [3.05, 3.63) is 77.6 Å². The summed E-state index contributed by atoms with van der Waals surface area (Å²) in [5.74, 6) is 0.265. The second kappa shape index (κ2) is 5.55. The van der Waals surface area contributed by atoms with Crippen LogP contribution in [0.1, 0.15) is 36.4 Å². The summed E-state index contributed by atoms with van der Waals surface area (Å²) in [6.07, 6.45) is 6.15. The standard InChI is InChI=1S/C22H18N2O/c25-19-9-3-8-17-20-16-7-2-1-5-14(16)10-11-18(20)24-22(21(17)19)15-6-4-12-23-13-15/h1-2,4-7,10-13,22,24H,3,8-9H2/t22-/m0/s1. The highest BCUT2D eigenvalue weighted by Crippen LogP contribution is 2.47. The third kappa shape index (κ3) is 2.19. The maximum atomic E-state index is 12.8. The summed E-state index contributed by atoms with van der Waals surface area (Å²) in [6.45, 7) is 0. The Labute approximate surface area is 146 Å². The number of hydrogen-bond acceptors (Lipinski definition) is 3. The average molecular weight is 326 g/mol. The van der Waals surface area contributed by atoms with Gasteiger partial charge in [0.15, 0.2) is 5.78 Å². The SMILES string of the molecule is O=C1CCCC2=C1[C@H](c1cccnc1)Nc1ccc3ccccc3c12. The van der Waals surface area contributed by atoms with E-state index in [2.05, 4.69) is 46.7 Å². The Morgan fingerprint density at radius 2 is 1.92 bits per heavy atom. The molecule has 122 valence electrons. The Morgan fingerprint density at radius 3 is 2.80 bits per heavy atom. The molecule has 0 unspecified atom stereocenters. The van der Waals surface area contributed by atoms with Gasteiger partial charge in [0.25, 0.3) is 0 Å². The molecule has 3 aromatic rings. The normalized spacial score (nSPS) is 19.4. The molecule has 1 atom stereocenters. The van der Waals surface area contributed by atoms with Crippen LogP contribution in [0.15, 0.2) is 66.5 Å². The molecule has 3 nitrogen and oxygen atoms in total. The van der Waals surface area contributed by atoms with Crippen molar-refractivity contribution in [1.29, 1.82) is 0 Å². The van der Waals surface area contributed by atoms with Crippen LogP contribution in [0.3, 0.4) is 0 Å². The number of anilines is 1. The lowest BCUT2D eigenvalue weighted by molar-refractivity contribution is -0.116. The van der Waals surface area contributed by atoms with E-state index in [4.69, 9.17) is 0 Å². The largest absolute Gasteiger partial charge is 0.373 e. The van der Waals surface area contributed by atoms with E-state index in [1.165, 1.54) is 21.9 Å². The first-order valence-corrected chi connectivity index (χ1v) is 8.78. The van der Waals surface area contributed by atoms with E-state index in [1.54, 1.807) is 6.20 Å². The van der Waals surface area contributed by atoms with Crippen LogP contribution >= 0.6 is 0 Å². The van der Waals surface area contributed by atoms with Gasteiger partial charge in [-0.1, -0.05) is 36.4 Å². The Bertz CT molecular complexity index is 1020. The molecule has 0 spiro atoms. The first kappa shape index (κ1) is 14.4. The fraction of sp³-hybridized carbons (Fsp3) is 0.182. The highest BCUT2D eigenvalue weighted by Gasteiger charge is 2.34. The van der Waals surface area contributed by atoms with Gasteiger partial charge in [-0.2, -0.15) is 0 Å². The summed E-state index contributed by atoms with van der Waals surface area (Å²) in [6, 6.07) is 16.6. The van der Waals surface area contributed by atoms with Gasteiger partial charge in [-0.05, 0) is 46.9 Å². The predicted molar refractivity (Wildman–Crippen MR) is 100 cm³/mol. The topological polar surface area (TPSA) is 42.0 Å². The van der Waals surface area contributed by atoms with Crippen LogP contribution in [0.2, 0.25) is 0 Å². The quantitative estimate of drug-likeness (QED) is 0.691. The molecule has 0 radical (unpaired) electrons. The average Bonchev–Trinajstić information content (AvgIpc) is 2.68. The van der Waals surface area contributed by atoms with Gasteiger partial charge < -0.3 is 5.32 Å². The molecule has 2 heterocycles.